The van der Waals surface area contributed by atoms with Crippen molar-refractivity contribution in [3.8, 4) is 0 Å². The summed E-state index contributed by atoms with van der Waals surface area (Å²) in [6.07, 6.45) is 5.94. The number of hydrogen-bond donors (Lipinski definition) is 1. The number of nitrogens with zero attached hydrogens (tertiary/aromatic N) is 4. The minimum absolute atomic E-state index is 0.119. The quantitative estimate of drug-likeness (QED) is 0.676. The molecule has 0 spiro atoms. The number of amides is 1. The lowest BCUT2D eigenvalue weighted by Crippen LogP contribution is -2.42. The van der Waals surface area contributed by atoms with Gasteiger partial charge in [0.2, 0.25) is 5.91 Å². The third-order valence-electron chi connectivity index (χ3n) is 4.98. The molecular formula is C19H29N5O3S. The zero-order chi connectivity index (χ0) is 20.1. The number of piperidine rings is 1. The van der Waals surface area contributed by atoms with Crippen LogP contribution in [0.1, 0.15) is 52.4 Å². The van der Waals surface area contributed by atoms with Crippen molar-refractivity contribution >= 4 is 32.7 Å². The normalized spacial score (nSPS) is 14.6. The van der Waals surface area contributed by atoms with Crippen molar-refractivity contribution in [2.24, 2.45) is 0 Å². The van der Waals surface area contributed by atoms with Gasteiger partial charge < -0.3 is 10.2 Å². The van der Waals surface area contributed by atoms with E-state index in [-0.39, 0.29) is 18.0 Å². The van der Waals surface area contributed by atoms with Gasteiger partial charge in [0, 0.05) is 26.2 Å². The molecule has 0 bridgehead atoms. The van der Waals surface area contributed by atoms with Crippen LogP contribution in [0.4, 0.5) is 5.13 Å². The molecule has 3 heterocycles. The maximum absolute atomic E-state index is 12.9. The summed E-state index contributed by atoms with van der Waals surface area (Å²) >= 11 is 1.33. The lowest BCUT2D eigenvalue weighted by Gasteiger charge is -2.25. The number of carbonyl (C=O) groups excluding carboxylic acids is 1. The predicted molar refractivity (Wildman–Crippen MR) is 112 cm³/mol. The maximum atomic E-state index is 12.9. The molecule has 9 heteroatoms. The second-order valence-electron chi connectivity index (χ2n) is 7.23. The van der Waals surface area contributed by atoms with Crippen molar-refractivity contribution in [3.05, 3.63) is 20.8 Å². The first kappa shape index (κ1) is 20.6. The fourth-order valence-electron chi connectivity index (χ4n) is 3.46. The predicted octanol–water partition coefficient (Wildman–Crippen LogP) is 1.94. The van der Waals surface area contributed by atoms with Gasteiger partial charge in [0.15, 0.2) is 10.8 Å². The molecule has 1 fully saturated rings. The maximum Gasteiger partial charge on any atom is 0.333 e. The van der Waals surface area contributed by atoms with E-state index in [4.69, 9.17) is 0 Å². The third-order valence-corrected chi connectivity index (χ3v) is 6.08. The molecule has 0 unspecified atom stereocenters. The molecule has 8 nitrogen and oxygen atoms in total. The van der Waals surface area contributed by atoms with E-state index in [9.17, 15) is 14.4 Å². The van der Waals surface area contributed by atoms with Gasteiger partial charge in [-0.05, 0) is 32.1 Å². The minimum atomic E-state index is -0.458. The lowest BCUT2D eigenvalue weighted by atomic mass is 10.1. The van der Waals surface area contributed by atoms with Crippen molar-refractivity contribution in [1.29, 1.82) is 0 Å². The summed E-state index contributed by atoms with van der Waals surface area (Å²) in [5.41, 5.74) is -0.427. The molecule has 2 aromatic heterocycles. The van der Waals surface area contributed by atoms with Gasteiger partial charge in [0.25, 0.3) is 5.56 Å². The molecule has 2 aromatic rings. The Hall–Kier alpha value is -2.16. The highest BCUT2D eigenvalue weighted by Gasteiger charge is 2.22. The summed E-state index contributed by atoms with van der Waals surface area (Å²) in [5.74, 6) is -0.230. The summed E-state index contributed by atoms with van der Waals surface area (Å²) in [4.78, 5) is 45.0. The lowest BCUT2D eigenvalue weighted by molar-refractivity contribution is -0.121. The van der Waals surface area contributed by atoms with Crippen LogP contribution < -0.4 is 21.5 Å². The van der Waals surface area contributed by atoms with Crippen LogP contribution in [0.5, 0.6) is 0 Å². The largest absolute Gasteiger partial charge is 0.355 e. The number of carbonyl (C=O) groups is 1. The van der Waals surface area contributed by atoms with Crippen molar-refractivity contribution < 1.29 is 4.79 Å². The van der Waals surface area contributed by atoms with E-state index in [1.807, 2.05) is 6.92 Å². The number of rotatable bonds is 8. The molecule has 1 aliphatic rings. The molecule has 3 rings (SSSR count). The van der Waals surface area contributed by atoms with Gasteiger partial charge in [-0.25, -0.2) is 9.78 Å². The Balaban J connectivity index is 2.03. The SMILES string of the molecule is CCCCNC(=O)Cn1c(=O)n(CCC)c(=O)c2sc(N3CCCCC3)nc21. The molecule has 1 saturated heterocycles. The Morgan fingerprint density at radius 3 is 2.54 bits per heavy atom. The average Bonchev–Trinajstić information content (AvgIpc) is 3.15. The summed E-state index contributed by atoms with van der Waals surface area (Å²) in [5, 5.41) is 3.60. The van der Waals surface area contributed by atoms with Crippen molar-refractivity contribution in [2.75, 3.05) is 24.5 Å². The summed E-state index contributed by atoms with van der Waals surface area (Å²) in [6.45, 7) is 6.59. The van der Waals surface area contributed by atoms with Crippen LogP contribution in [0.3, 0.4) is 0 Å². The number of unbranched alkanes of at least 4 members (excludes halogenated alkanes) is 1. The first-order valence-electron chi connectivity index (χ1n) is 10.2. The van der Waals surface area contributed by atoms with E-state index in [0.717, 1.165) is 43.9 Å². The Morgan fingerprint density at radius 1 is 1.11 bits per heavy atom. The van der Waals surface area contributed by atoms with E-state index in [2.05, 4.69) is 22.1 Å². The summed E-state index contributed by atoms with van der Waals surface area (Å²) < 4.78 is 3.05. The first-order chi connectivity index (χ1) is 13.6. The zero-order valence-corrected chi connectivity index (χ0v) is 17.5. The molecule has 154 valence electrons. The number of anilines is 1. The van der Waals surface area contributed by atoms with Crippen molar-refractivity contribution in [2.45, 2.75) is 65.5 Å². The highest BCUT2D eigenvalue weighted by Crippen LogP contribution is 2.28. The number of hydrogen-bond acceptors (Lipinski definition) is 6. The van der Waals surface area contributed by atoms with Crippen LogP contribution in [-0.2, 0) is 17.9 Å². The van der Waals surface area contributed by atoms with Crippen LogP contribution in [-0.4, -0.2) is 39.7 Å². The number of thiazole rings is 1. The van der Waals surface area contributed by atoms with E-state index >= 15 is 0 Å². The Labute approximate surface area is 168 Å². The minimum Gasteiger partial charge on any atom is -0.355 e. The van der Waals surface area contributed by atoms with Gasteiger partial charge in [0.05, 0.1) is 0 Å². The van der Waals surface area contributed by atoms with Crippen LogP contribution in [0.2, 0.25) is 0 Å². The molecule has 1 N–H and O–H groups in total. The van der Waals surface area contributed by atoms with E-state index in [0.29, 0.717) is 29.9 Å². The number of fused-ring (bicyclic) bond motifs is 1. The van der Waals surface area contributed by atoms with E-state index in [1.54, 1.807) is 0 Å². The fraction of sp³-hybridized carbons (Fsp3) is 0.684. The highest BCUT2D eigenvalue weighted by molar-refractivity contribution is 7.22. The number of nitrogens with one attached hydrogen (secondary N) is 1. The standard InChI is InChI=1S/C19H29N5O3S/c1-3-5-9-20-14(25)13-24-16-15(17(26)23(10-4-2)19(24)27)28-18(21-16)22-11-7-6-8-12-22/h3-13H2,1-2H3,(H,20,25). The van der Waals surface area contributed by atoms with Crippen molar-refractivity contribution in [1.82, 2.24) is 19.4 Å². The second kappa shape index (κ2) is 9.36. The highest BCUT2D eigenvalue weighted by atomic mass is 32.1. The van der Waals surface area contributed by atoms with Gasteiger partial charge >= 0.3 is 5.69 Å². The zero-order valence-electron chi connectivity index (χ0n) is 16.7. The fourth-order valence-corrected chi connectivity index (χ4v) is 4.53. The first-order valence-corrected chi connectivity index (χ1v) is 11.0. The molecule has 28 heavy (non-hydrogen) atoms. The number of aromatic nitrogens is 3. The van der Waals surface area contributed by atoms with Crippen LogP contribution in [0, 0.1) is 0 Å². The van der Waals surface area contributed by atoms with Crippen LogP contribution in [0.15, 0.2) is 9.59 Å². The average molecular weight is 408 g/mol. The monoisotopic (exact) mass is 407 g/mol. The summed E-state index contributed by atoms with van der Waals surface area (Å²) in [6, 6.07) is 0. The molecule has 1 amide bonds. The summed E-state index contributed by atoms with van der Waals surface area (Å²) in [7, 11) is 0. The second-order valence-corrected chi connectivity index (χ2v) is 8.20. The van der Waals surface area contributed by atoms with E-state index in [1.165, 1.54) is 26.9 Å². The molecule has 0 aliphatic carbocycles. The topological polar surface area (TPSA) is 89.2 Å². The molecule has 0 aromatic carbocycles. The van der Waals surface area contributed by atoms with Crippen LogP contribution in [0.25, 0.3) is 10.3 Å². The molecule has 0 saturated carbocycles. The van der Waals surface area contributed by atoms with Gasteiger partial charge in [0.1, 0.15) is 11.2 Å². The Bertz CT molecular complexity index is 939. The van der Waals surface area contributed by atoms with Crippen LogP contribution >= 0.6 is 11.3 Å². The molecule has 0 radical (unpaired) electrons. The molecule has 0 atom stereocenters. The van der Waals surface area contributed by atoms with Crippen molar-refractivity contribution in [3.63, 3.8) is 0 Å². The van der Waals surface area contributed by atoms with Gasteiger partial charge in [-0.15, -0.1) is 0 Å². The smallest absolute Gasteiger partial charge is 0.333 e. The van der Waals surface area contributed by atoms with Gasteiger partial charge in [-0.2, -0.15) is 0 Å². The van der Waals surface area contributed by atoms with Gasteiger partial charge in [-0.1, -0.05) is 31.6 Å². The molecular weight excluding hydrogens is 378 g/mol. The third kappa shape index (κ3) is 4.29. The molecule has 1 aliphatic heterocycles. The Morgan fingerprint density at radius 2 is 1.86 bits per heavy atom. The Kier molecular flexibility index (Phi) is 6.88. The van der Waals surface area contributed by atoms with E-state index < -0.39 is 5.69 Å². The van der Waals surface area contributed by atoms with Gasteiger partial charge in [-0.3, -0.25) is 18.7 Å².